The highest BCUT2D eigenvalue weighted by molar-refractivity contribution is 9.10. The molecular weight excluding hydrogens is 528 g/mol. The van der Waals surface area contributed by atoms with Crippen LogP contribution in [0.15, 0.2) is 89.4 Å². The molecule has 3 aromatic carbocycles. The molecule has 0 spiro atoms. The number of methoxy groups -OCH3 is 1. The fraction of sp³-hybridized carbons (Fsp3) is 0.290. The van der Waals surface area contributed by atoms with Crippen LogP contribution < -0.4 is 14.5 Å². The maximum Gasteiger partial charge on any atom is 0.240 e. The number of carbonyl (C=O) groups excluding carboxylic acids is 2. The van der Waals surface area contributed by atoms with E-state index >= 15 is 0 Å². The van der Waals surface area contributed by atoms with Crippen LogP contribution in [0.5, 0.6) is 5.75 Å². The van der Waals surface area contributed by atoms with Gasteiger partial charge in [-0.25, -0.2) is 4.90 Å². The summed E-state index contributed by atoms with van der Waals surface area (Å²) in [6.07, 6.45) is 5.62. The third kappa shape index (κ3) is 4.08. The van der Waals surface area contributed by atoms with Crippen molar-refractivity contribution in [2.75, 3.05) is 16.9 Å². The molecule has 6 heteroatoms. The molecule has 0 radical (unpaired) electrons. The normalized spacial score (nSPS) is 22.6. The molecule has 0 unspecified atom stereocenters. The summed E-state index contributed by atoms with van der Waals surface area (Å²) < 4.78 is 6.32. The van der Waals surface area contributed by atoms with Crippen molar-refractivity contribution in [2.45, 2.75) is 38.3 Å². The van der Waals surface area contributed by atoms with Crippen molar-refractivity contribution in [3.63, 3.8) is 0 Å². The van der Waals surface area contributed by atoms with Crippen LogP contribution in [0.4, 0.5) is 11.4 Å². The summed E-state index contributed by atoms with van der Waals surface area (Å²) in [4.78, 5) is 32.0. The summed E-state index contributed by atoms with van der Waals surface area (Å²) in [6.45, 7) is 4.24. The molecule has 2 amide bonds. The summed E-state index contributed by atoms with van der Waals surface area (Å²) in [6, 6.07) is 25.0. The van der Waals surface area contributed by atoms with E-state index in [1.807, 2.05) is 78.9 Å². The molecule has 2 aliphatic heterocycles. The molecule has 0 N–H and O–H groups in total. The molecule has 5 rings (SSSR count). The van der Waals surface area contributed by atoms with Crippen molar-refractivity contribution in [2.24, 2.45) is 11.8 Å². The summed E-state index contributed by atoms with van der Waals surface area (Å²) in [5, 5.41) is 0. The first-order chi connectivity index (χ1) is 18.0. The molecule has 2 aliphatic rings. The van der Waals surface area contributed by atoms with E-state index < -0.39 is 17.4 Å². The summed E-state index contributed by atoms with van der Waals surface area (Å²) >= 11 is 3.76. The van der Waals surface area contributed by atoms with Crippen LogP contribution in [0.3, 0.4) is 0 Å². The number of hydrogen-bond acceptors (Lipinski definition) is 4. The maximum absolute atomic E-state index is 14.1. The fourth-order valence-electron chi connectivity index (χ4n) is 6.26. The van der Waals surface area contributed by atoms with Gasteiger partial charge in [0.2, 0.25) is 11.8 Å². The van der Waals surface area contributed by atoms with E-state index in [-0.39, 0.29) is 17.9 Å². The third-order valence-electron chi connectivity index (χ3n) is 8.01. The number of halogens is 1. The van der Waals surface area contributed by atoms with Crippen molar-refractivity contribution in [1.29, 1.82) is 0 Å². The van der Waals surface area contributed by atoms with Gasteiger partial charge in [0, 0.05) is 4.47 Å². The van der Waals surface area contributed by atoms with Crippen LogP contribution >= 0.6 is 15.9 Å². The molecule has 0 bridgehead atoms. The predicted octanol–water partition coefficient (Wildman–Crippen LogP) is 6.72. The summed E-state index contributed by atoms with van der Waals surface area (Å²) in [5.41, 5.74) is 2.10. The van der Waals surface area contributed by atoms with Crippen LogP contribution in [0.1, 0.15) is 32.3 Å². The zero-order valence-electron chi connectivity index (χ0n) is 21.3. The van der Waals surface area contributed by atoms with Gasteiger partial charge in [0.1, 0.15) is 5.75 Å². The molecule has 2 fully saturated rings. The van der Waals surface area contributed by atoms with Crippen molar-refractivity contribution in [1.82, 2.24) is 0 Å². The molecule has 190 valence electrons. The van der Waals surface area contributed by atoms with Crippen LogP contribution in [0.2, 0.25) is 0 Å². The Morgan fingerprint density at radius 1 is 0.919 bits per heavy atom. The highest BCUT2D eigenvalue weighted by Gasteiger charge is 2.67. The van der Waals surface area contributed by atoms with Gasteiger partial charge in [-0.05, 0) is 64.7 Å². The van der Waals surface area contributed by atoms with Crippen LogP contribution in [0.25, 0.3) is 6.08 Å². The Kier molecular flexibility index (Phi) is 6.95. The van der Waals surface area contributed by atoms with Gasteiger partial charge in [-0.2, -0.15) is 0 Å². The van der Waals surface area contributed by atoms with E-state index in [4.69, 9.17) is 4.74 Å². The number of benzene rings is 3. The van der Waals surface area contributed by atoms with Crippen molar-refractivity contribution in [3.05, 3.63) is 95.0 Å². The highest BCUT2D eigenvalue weighted by Crippen LogP contribution is 2.55. The topological polar surface area (TPSA) is 49.9 Å². The van der Waals surface area contributed by atoms with E-state index in [0.29, 0.717) is 5.69 Å². The molecule has 5 nitrogen and oxygen atoms in total. The molecule has 3 atom stereocenters. The van der Waals surface area contributed by atoms with Crippen LogP contribution in [-0.2, 0) is 9.59 Å². The number of imide groups is 1. The van der Waals surface area contributed by atoms with E-state index in [2.05, 4.69) is 46.8 Å². The van der Waals surface area contributed by atoms with E-state index in [1.54, 1.807) is 7.11 Å². The van der Waals surface area contributed by atoms with Gasteiger partial charge >= 0.3 is 0 Å². The number of para-hydroxylation sites is 1. The standard InChI is InChI=1S/C31H31BrN2O3/c1-4-31(5-2)28-27(29(35)33(30(28)36)22-14-10-7-11-15-22)26(18-16-21-12-8-6-9-13-21)34(31)25-19-17-23(37-3)20-24(25)32/h6-20,26-28H,4-5H2,1-3H3/b18-16+/t26-,27-,28+/m1/s1. The van der Waals surface area contributed by atoms with Gasteiger partial charge in [0.25, 0.3) is 0 Å². The molecule has 37 heavy (non-hydrogen) atoms. The monoisotopic (exact) mass is 558 g/mol. The average Bonchev–Trinajstić information content (AvgIpc) is 3.37. The quantitative estimate of drug-likeness (QED) is 0.302. The molecule has 2 heterocycles. The highest BCUT2D eigenvalue weighted by atomic mass is 79.9. The lowest BCUT2D eigenvalue weighted by Gasteiger charge is -2.44. The Morgan fingerprint density at radius 2 is 1.57 bits per heavy atom. The zero-order chi connectivity index (χ0) is 26.2. The lowest BCUT2D eigenvalue weighted by atomic mass is 9.76. The number of ether oxygens (including phenoxy) is 1. The van der Waals surface area contributed by atoms with Crippen LogP contribution in [0, 0.1) is 11.8 Å². The van der Waals surface area contributed by atoms with Gasteiger partial charge < -0.3 is 9.64 Å². The number of rotatable bonds is 7. The number of hydrogen-bond donors (Lipinski definition) is 0. The first-order valence-corrected chi connectivity index (χ1v) is 13.5. The minimum atomic E-state index is -0.538. The summed E-state index contributed by atoms with van der Waals surface area (Å²) in [5.74, 6) is -0.471. The minimum absolute atomic E-state index is 0.116. The number of carbonyl (C=O) groups is 2. The largest absolute Gasteiger partial charge is 0.497 e. The Morgan fingerprint density at radius 3 is 2.16 bits per heavy atom. The molecular formula is C31H31BrN2O3. The van der Waals surface area contributed by atoms with E-state index in [0.717, 1.165) is 34.3 Å². The van der Waals surface area contributed by atoms with Gasteiger partial charge in [-0.1, -0.05) is 74.5 Å². The lowest BCUT2D eigenvalue weighted by Crippen LogP contribution is -2.53. The number of amides is 2. The average molecular weight is 560 g/mol. The SMILES string of the molecule is CCC1(CC)[C@@H]2C(=O)N(c3ccccc3)C(=O)[C@@H]2[C@@H](/C=C/c2ccccc2)N1c1ccc(OC)cc1Br. The molecule has 0 saturated carbocycles. The minimum Gasteiger partial charge on any atom is -0.497 e. The van der Waals surface area contributed by atoms with Gasteiger partial charge in [0.05, 0.1) is 41.9 Å². The molecule has 2 saturated heterocycles. The Hall–Kier alpha value is -3.38. The van der Waals surface area contributed by atoms with E-state index in [9.17, 15) is 9.59 Å². The Labute approximate surface area is 226 Å². The summed E-state index contributed by atoms with van der Waals surface area (Å²) in [7, 11) is 1.64. The first kappa shape index (κ1) is 25.3. The lowest BCUT2D eigenvalue weighted by molar-refractivity contribution is -0.123. The number of fused-ring (bicyclic) bond motifs is 1. The van der Waals surface area contributed by atoms with Crippen molar-refractivity contribution in [3.8, 4) is 5.75 Å². The fourth-order valence-corrected chi connectivity index (χ4v) is 6.81. The predicted molar refractivity (Wildman–Crippen MR) is 152 cm³/mol. The second-order valence-corrected chi connectivity index (χ2v) is 10.5. The first-order valence-electron chi connectivity index (χ1n) is 12.8. The molecule has 0 aromatic heterocycles. The van der Waals surface area contributed by atoms with Gasteiger partial charge in [0.15, 0.2) is 0 Å². The number of nitrogens with zero attached hydrogens (tertiary/aromatic N) is 2. The zero-order valence-corrected chi connectivity index (χ0v) is 22.9. The molecule has 3 aromatic rings. The van der Waals surface area contributed by atoms with Gasteiger partial charge in [-0.15, -0.1) is 0 Å². The smallest absolute Gasteiger partial charge is 0.240 e. The van der Waals surface area contributed by atoms with Crippen molar-refractivity contribution < 1.29 is 14.3 Å². The Bertz CT molecular complexity index is 1320. The van der Waals surface area contributed by atoms with Crippen molar-refractivity contribution >= 4 is 45.2 Å². The van der Waals surface area contributed by atoms with E-state index in [1.165, 1.54) is 4.90 Å². The molecule has 0 aliphatic carbocycles. The Balaban J connectivity index is 1.69. The maximum atomic E-state index is 14.1. The van der Waals surface area contributed by atoms with Crippen LogP contribution in [-0.4, -0.2) is 30.5 Å². The van der Waals surface area contributed by atoms with Gasteiger partial charge in [-0.3, -0.25) is 9.59 Å². The number of anilines is 2. The third-order valence-corrected chi connectivity index (χ3v) is 8.65. The second kappa shape index (κ2) is 10.2. The second-order valence-electron chi connectivity index (χ2n) is 9.61.